The summed E-state index contributed by atoms with van der Waals surface area (Å²) in [5, 5.41) is 2.52. The van der Waals surface area contributed by atoms with Crippen LogP contribution in [0.25, 0.3) is 0 Å². The standard InChI is InChI=1S/C21H25F3N2O3S/c1-13(2)19(26-30(28,29)18-9-8-14(3)15(4)10-18)20(27)25-12-16-6-5-7-17(11-16)21(22,23)24/h5-11,13,19,26H,12H2,1-4H3,(H,25,27). The molecule has 0 aliphatic carbocycles. The molecular formula is C21H25F3N2O3S. The van der Waals surface area contributed by atoms with Gasteiger partial charge in [0.05, 0.1) is 10.5 Å². The van der Waals surface area contributed by atoms with Crippen LogP contribution in [0.5, 0.6) is 0 Å². The topological polar surface area (TPSA) is 75.3 Å². The van der Waals surface area contributed by atoms with E-state index in [0.29, 0.717) is 0 Å². The minimum absolute atomic E-state index is 0.0435. The molecule has 2 rings (SSSR count). The lowest BCUT2D eigenvalue weighted by molar-refractivity contribution is -0.137. The van der Waals surface area contributed by atoms with E-state index in [1.165, 1.54) is 24.3 Å². The summed E-state index contributed by atoms with van der Waals surface area (Å²) in [6, 6.07) is 8.19. The Kier molecular flexibility index (Phi) is 7.31. The number of hydrogen-bond acceptors (Lipinski definition) is 3. The number of nitrogens with one attached hydrogen (secondary N) is 2. The normalized spacial score (nSPS) is 13.3. The Morgan fingerprint density at radius 2 is 1.70 bits per heavy atom. The zero-order chi connectivity index (χ0) is 22.7. The smallest absolute Gasteiger partial charge is 0.351 e. The van der Waals surface area contributed by atoms with Gasteiger partial charge in [0.1, 0.15) is 6.04 Å². The number of sulfonamides is 1. The van der Waals surface area contributed by atoms with E-state index in [4.69, 9.17) is 0 Å². The molecule has 1 amide bonds. The SMILES string of the molecule is Cc1ccc(S(=O)(=O)NC(C(=O)NCc2cccc(C(F)(F)F)c2)C(C)C)cc1C. The number of carbonyl (C=O) groups excluding carboxylic acids is 1. The summed E-state index contributed by atoms with van der Waals surface area (Å²) >= 11 is 0. The van der Waals surface area contributed by atoms with Gasteiger partial charge in [-0.05, 0) is 60.7 Å². The third-order valence-corrected chi connectivity index (χ3v) is 6.18. The fourth-order valence-corrected chi connectivity index (χ4v) is 4.19. The summed E-state index contributed by atoms with van der Waals surface area (Å²) in [6.45, 7) is 6.85. The molecule has 0 aliphatic heterocycles. The predicted molar refractivity (Wildman–Crippen MR) is 108 cm³/mol. The largest absolute Gasteiger partial charge is 0.416 e. The number of halogens is 3. The first-order chi connectivity index (χ1) is 13.8. The van der Waals surface area contributed by atoms with Crippen LogP contribution < -0.4 is 10.0 Å². The van der Waals surface area contributed by atoms with Gasteiger partial charge in [-0.25, -0.2) is 8.42 Å². The number of carbonyl (C=O) groups is 1. The number of alkyl halides is 3. The second kappa shape index (κ2) is 9.18. The van der Waals surface area contributed by atoms with E-state index in [0.717, 1.165) is 23.3 Å². The van der Waals surface area contributed by atoms with E-state index in [9.17, 15) is 26.4 Å². The summed E-state index contributed by atoms with van der Waals surface area (Å²) in [5.74, 6) is -0.998. The summed E-state index contributed by atoms with van der Waals surface area (Å²) in [4.78, 5) is 12.7. The van der Waals surface area contributed by atoms with Crippen molar-refractivity contribution in [3.8, 4) is 0 Å². The summed E-state index contributed by atoms with van der Waals surface area (Å²) in [7, 11) is -3.96. The fraction of sp³-hybridized carbons (Fsp3) is 0.381. The van der Waals surface area contributed by atoms with Gasteiger partial charge in [0, 0.05) is 6.54 Å². The van der Waals surface area contributed by atoms with Crippen LogP contribution in [0.15, 0.2) is 47.4 Å². The molecule has 0 bridgehead atoms. The lowest BCUT2D eigenvalue weighted by Crippen LogP contribution is -2.49. The number of amides is 1. The molecule has 0 fully saturated rings. The van der Waals surface area contributed by atoms with Crippen LogP contribution in [0.3, 0.4) is 0 Å². The number of rotatable bonds is 7. The monoisotopic (exact) mass is 442 g/mol. The Balaban J connectivity index is 2.14. The van der Waals surface area contributed by atoms with Gasteiger partial charge in [-0.3, -0.25) is 4.79 Å². The zero-order valence-electron chi connectivity index (χ0n) is 17.2. The number of aryl methyl sites for hydroxylation is 2. The average molecular weight is 443 g/mol. The van der Waals surface area contributed by atoms with Crippen molar-refractivity contribution < 1.29 is 26.4 Å². The van der Waals surface area contributed by atoms with E-state index in [1.807, 2.05) is 6.92 Å². The molecule has 1 atom stereocenters. The van der Waals surface area contributed by atoms with E-state index >= 15 is 0 Å². The van der Waals surface area contributed by atoms with Gasteiger partial charge in [0.2, 0.25) is 15.9 Å². The number of hydrogen-bond donors (Lipinski definition) is 2. The van der Waals surface area contributed by atoms with E-state index in [-0.39, 0.29) is 22.9 Å². The van der Waals surface area contributed by atoms with E-state index in [2.05, 4.69) is 10.0 Å². The molecule has 0 saturated carbocycles. The first kappa shape index (κ1) is 23.9. The lowest BCUT2D eigenvalue weighted by atomic mass is 10.0. The zero-order valence-corrected chi connectivity index (χ0v) is 18.0. The Hall–Kier alpha value is -2.39. The molecule has 0 radical (unpaired) electrons. The Bertz CT molecular complexity index is 1020. The minimum Gasteiger partial charge on any atom is -0.351 e. The molecule has 1 unspecified atom stereocenters. The Labute approximate surface area is 174 Å². The van der Waals surface area contributed by atoms with Crippen LogP contribution in [0.2, 0.25) is 0 Å². The molecule has 9 heteroatoms. The van der Waals surface area contributed by atoms with Crippen LogP contribution in [0, 0.1) is 19.8 Å². The highest BCUT2D eigenvalue weighted by atomic mass is 32.2. The van der Waals surface area contributed by atoms with Gasteiger partial charge in [0.25, 0.3) is 0 Å². The van der Waals surface area contributed by atoms with Crippen LogP contribution in [0.4, 0.5) is 13.2 Å². The lowest BCUT2D eigenvalue weighted by Gasteiger charge is -2.22. The van der Waals surface area contributed by atoms with E-state index < -0.39 is 33.7 Å². The van der Waals surface area contributed by atoms with Gasteiger partial charge in [0.15, 0.2) is 0 Å². The fourth-order valence-electron chi connectivity index (χ4n) is 2.77. The molecule has 0 spiro atoms. The van der Waals surface area contributed by atoms with Crippen molar-refractivity contribution in [1.82, 2.24) is 10.0 Å². The van der Waals surface area contributed by atoms with Crippen LogP contribution in [-0.2, 0) is 27.5 Å². The van der Waals surface area contributed by atoms with E-state index in [1.54, 1.807) is 26.8 Å². The molecule has 0 heterocycles. The summed E-state index contributed by atoms with van der Waals surface area (Å²) in [6.07, 6.45) is -4.48. The van der Waals surface area contributed by atoms with Crippen molar-refractivity contribution in [3.05, 3.63) is 64.7 Å². The minimum atomic E-state index is -4.48. The summed E-state index contributed by atoms with van der Waals surface area (Å²) < 4.78 is 66.4. The quantitative estimate of drug-likeness (QED) is 0.682. The second-order valence-corrected chi connectivity index (χ2v) is 9.22. The van der Waals surface area contributed by atoms with Gasteiger partial charge >= 0.3 is 6.18 Å². The van der Waals surface area contributed by atoms with Gasteiger partial charge < -0.3 is 5.32 Å². The molecule has 0 aliphatic rings. The van der Waals surface area contributed by atoms with Crippen molar-refractivity contribution in [2.75, 3.05) is 0 Å². The highest BCUT2D eigenvalue weighted by Gasteiger charge is 2.31. The van der Waals surface area contributed by atoms with Gasteiger partial charge in [-0.15, -0.1) is 0 Å². The third-order valence-electron chi connectivity index (χ3n) is 4.74. The van der Waals surface area contributed by atoms with Crippen LogP contribution in [0.1, 0.15) is 36.1 Å². The third kappa shape index (κ3) is 6.06. The Morgan fingerprint density at radius 1 is 1.03 bits per heavy atom. The first-order valence-corrected chi connectivity index (χ1v) is 10.8. The molecule has 2 aromatic carbocycles. The first-order valence-electron chi connectivity index (χ1n) is 9.34. The van der Waals surface area contributed by atoms with Gasteiger partial charge in [-0.1, -0.05) is 32.0 Å². The highest BCUT2D eigenvalue weighted by molar-refractivity contribution is 7.89. The maximum Gasteiger partial charge on any atom is 0.416 e. The van der Waals surface area contributed by atoms with Crippen LogP contribution in [-0.4, -0.2) is 20.4 Å². The second-order valence-electron chi connectivity index (χ2n) is 7.50. The molecule has 0 saturated heterocycles. The van der Waals surface area contributed by atoms with Crippen molar-refractivity contribution in [2.24, 2.45) is 5.92 Å². The van der Waals surface area contributed by atoms with Crippen molar-refractivity contribution in [2.45, 2.75) is 51.4 Å². The number of benzene rings is 2. The molecule has 5 nitrogen and oxygen atoms in total. The van der Waals surface area contributed by atoms with Crippen LogP contribution >= 0.6 is 0 Å². The van der Waals surface area contributed by atoms with Gasteiger partial charge in [-0.2, -0.15) is 17.9 Å². The average Bonchev–Trinajstić information content (AvgIpc) is 2.65. The molecule has 164 valence electrons. The predicted octanol–water partition coefficient (Wildman–Crippen LogP) is 3.94. The van der Waals surface area contributed by atoms with Crippen molar-refractivity contribution in [1.29, 1.82) is 0 Å². The summed E-state index contributed by atoms with van der Waals surface area (Å²) in [5.41, 5.74) is 1.18. The maximum absolute atomic E-state index is 12.8. The molecule has 2 aromatic rings. The molecule has 30 heavy (non-hydrogen) atoms. The molecular weight excluding hydrogens is 417 g/mol. The highest BCUT2D eigenvalue weighted by Crippen LogP contribution is 2.29. The Morgan fingerprint density at radius 3 is 2.27 bits per heavy atom. The molecule has 0 aromatic heterocycles. The van der Waals surface area contributed by atoms with Crippen molar-refractivity contribution in [3.63, 3.8) is 0 Å². The molecule has 2 N–H and O–H groups in total. The van der Waals surface area contributed by atoms with Crippen molar-refractivity contribution >= 4 is 15.9 Å². The maximum atomic E-state index is 12.8.